The Bertz CT molecular complexity index is 914. The van der Waals surface area contributed by atoms with Crippen molar-refractivity contribution in [2.75, 3.05) is 12.3 Å². The summed E-state index contributed by atoms with van der Waals surface area (Å²) in [5.41, 5.74) is 9.89. The van der Waals surface area contributed by atoms with E-state index in [2.05, 4.69) is 52.1 Å². The van der Waals surface area contributed by atoms with Crippen molar-refractivity contribution in [2.24, 2.45) is 0 Å². The van der Waals surface area contributed by atoms with Crippen molar-refractivity contribution in [1.82, 2.24) is 20.9 Å². The van der Waals surface area contributed by atoms with Crippen LogP contribution in [0.15, 0.2) is 36.4 Å². The van der Waals surface area contributed by atoms with Crippen LogP contribution < -0.4 is 21.7 Å². The molecule has 7 heteroatoms. The van der Waals surface area contributed by atoms with Crippen LogP contribution in [0.25, 0.3) is 0 Å². The zero-order valence-electron chi connectivity index (χ0n) is 17.9. The zero-order chi connectivity index (χ0) is 21.7. The van der Waals surface area contributed by atoms with Crippen molar-refractivity contribution < 1.29 is 9.59 Å². The first kappa shape index (κ1) is 21.8. The molecule has 7 nitrogen and oxygen atoms in total. The highest BCUT2D eigenvalue weighted by atomic mass is 16.2. The van der Waals surface area contributed by atoms with Crippen molar-refractivity contribution in [3.8, 4) is 0 Å². The van der Waals surface area contributed by atoms with Gasteiger partial charge in [-0.1, -0.05) is 37.3 Å². The Balaban J connectivity index is 1.49. The molecule has 2 amide bonds. The number of amides is 2. The van der Waals surface area contributed by atoms with Crippen LogP contribution in [-0.4, -0.2) is 35.4 Å². The number of hydrogen-bond acceptors (Lipinski definition) is 5. The van der Waals surface area contributed by atoms with Crippen LogP contribution in [0.1, 0.15) is 48.6 Å². The van der Waals surface area contributed by atoms with Crippen molar-refractivity contribution in [3.63, 3.8) is 0 Å². The standard InChI is InChI=1S/C23H31N5O2/c1-4-16-6-5-7-17(10-16)19-11-20(25-13-19)23(30)28-15(3)22(29)26-12-18-8-9-21(24)27-14(18)2/h5-10,15,19-20,25H,4,11-13H2,1-3H3,(H2,24,27)(H,26,29)(H,28,30)/t15-,19+,20+/m0/s1. The number of pyridine rings is 1. The molecule has 0 bridgehead atoms. The quantitative estimate of drug-likeness (QED) is 0.558. The minimum Gasteiger partial charge on any atom is -0.384 e. The molecule has 0 saturated carbocycles. The third kappa shape index (κ3) is 5.36. The highest BCUT2D eigenvalue weighted by molar-refractivity contribution is 5.89. The first-order valence-electron chi connectivity index (χ1n) is 10.5. The molecule has 5 N–H and O–H groups in total. The number of nitrogens with zero attached hydrogens (tertiary/aromatic N) is 1. The van der Waals surface area contributed by atoms with Crippen LogP contribution in [0.3, 0.4) is 0 Å². The summed E-state index contributed by atoms with van der Waals surface area (Å²) < 4.78 is 0. The van der Waals surface area contributed by atoms with E-state index in [9.17, 15) is 9.59 Å². The van der Waals surface area contributed by atoms with E-state index in [0.717, 1.165) is 30.6 Å². The summed E-state index contributed by atoms with van der Waals surface area (Å²) >= 11 is 0. The van der Waals surface area contributed by atoms with Gasteiger partial charge in [-0.25, -0.2) is 4.98 Å². The van der Waals surface area contributed by atoms with Crippen LogP contribution in [0.4, 0.5) is 5.82 Å². The first-order chi connectivity index (χ1) is 14.4. The maximum atomic E-state index is 12.6. The first-order valence-corrected chi connectivity index (χ1v) is 10.5. The fourth-order valence-electron chi connectivity index (χ4n) is 3.77. The third-order valence-corrected chi connectivity index (χ3v) is 5.70. The summed E-state index contributed by atoms with van der Waals surface area (Å²) in [7, 11) is 0. The Morgan fingerprint density at radius 3 is 2.83 bits per heavy atom. The van der Waals surface area contributed by atoms with Crippen molar-refractivity contribution >= 4 is 17.6 Å². The average molecular weight is 410 g/mol. The lowest BCUT2D eigenvalue weighted by molar-refractivity contribution is -0.129. The summed E-state index contributed by atoms with van der Waals surface area (Å²) in [6.45, 7) is 6.78. The van der Waals surface area contributed by atoms with Crippen LogP contribution in [0.5, 0.6) is 0 Å². The molecule has 1 saturated heterocycles. The number of hydrogen-bond donors (Lipinski definition) is 4. The molecule has 0 unspecified atom stereocenters. The smallest absolute Gasteiger partial charge is 0.242 e. The van der Waals surface area contributed by atoms with Gasteiger partial charge in [-0.05, 0) is 55.4 Å². The van der Waals surface area contributed by atoms with E-state index in [1.54, 1.807) is 13.0 Å². The van der Waals surface area contributed by atoms with Gasteiger partial charge in [0.25, 0.3) is 0 Å². The highest BCUT2D eigenvalue weighted by Gasteiger charge is 2.31. The van der Waals surface area contributed by atoms with Crippen molar-refractivity contribution in [3.05, 3.63) is 58.8 Å². The third-order valence-electron chi connectivity index (χ3n) is 5.70. The molecule has 3 atom stereocenters. The van der Waals surface area contributed by atoms with Crippen molar-refractivity contribution in [2.45, 2.75) is 58.2 Å². The van der Waals surface area contributed by atoms with Crippen LogP contribution >= 0.6 is 0 Å². The molecule has 2 aromatic rings. The van der Waals surface area contributed by atoms with Crippen molar-refractivity contribution in [1.29, 1.82) is 0 Å². The Morgan fingerprint density at radius 1 is 1.30 bits per heavy atom. The van der Waals surface area contributed by atoms with Gasteiger partial charge < -0.3 is 21.7 Å². The van der Waals surface area contributed by atoms with Gasteiger partial charge in [0.2, 0.25) is 11.8 Å². The maximum Gasteiger partial charge on any atom is 0.242 e. The predicted molar refractivity (Wildman–Crippen MR) is 118 cm³/mol. The second kappa shape index (κ2) is 9.71. The van der Waals surface area contributed by atoms with Gasteiger partial charge in [-0.3, -0.25) is 9.59 Å². The lowest BCUT2D eigenvalue weighted by Gasteiger charge is -2.17. The number of anilines is 1. The second-order valence-electron chi connectivity index (χ2n) is 7.92. The number of aryl methyl sites for hydroxylation is 2. The lowest BCUT2D eigenvalue weighted by atomic mass is 9.94. The molecule has 0 aliphatic carbocycles. The van der Waals surface area contributed by atoms with E-state index in [1.165, 1.54) is 11.1 Å². The highest BCUT2D eigenvalue weighted by Crippen LogP contribution is 2.26. The Kier molecular flexibility index (Phi) is 7.05. The molecule has 30 heavy (non-hydrogen) atoms. The number of aromatic nitrogens is 1. The van der Waals surface area contributed by atoms with Gasteiger partial charge in [-0.15, -0.1) is 0 Å². The van der Waals surface area contributed by atoms with E-state index >= 15 is 0 Å². The van der Waals surface area contributed by atoms with E-state index in [4.69, 9.17) is 5.73 Å². The molecule has 0 radical (unpaired) electrons. The summed E-state index contributed by atoms with van der Waals surface area (Å²) in [6.07, 6.45) is 1.72. The summed E-state index contributed by atoms with van der Waals surface area (Å²) in [5.74, 6) is 0.381. The molecule has 1 aliphatic heterocycles. The number of rotatable bonds is 7. The number of nitrogens with one attached hydrogen (secondary N) is 3. The Hall–Kier alpha value is -2.93. The Labute approximate surface area is 177 Å². The van der Waals surface area contributed by atoms with Gasteiger partial charge in [0.1, 0.15) is 11.9 Å². The molecule has 1 aromatic carbocycles. The van der Waals surface area contributed by atoms with Gasteiger partial charge in [0, 0.05) is 18.8 Å². The largest absolute Gasteiger partial charge is 0.384 e. The summed E-state index contributed by atoms with van der Waals surface area (Å²) in [5, 5.41) is 8.97. The maximum absolute atomic E-state index is 12.6. The summed E-state index contributed by atoms with van der Waals surface area (Å²) in [6, 6.07) is 11.2. The van der Waals surface area contributed by atoms with Crippen LogP contribution in [-0.2, 0) is 22.6 Å². The number of nitrogen functional groups attached to an aromatic ring is 1. The molecule has 2 heterocycles. The van der Waals surface area contributed by atoms with Gasteiger partial charge >= 0.3 is 0 Å². The number of nitrogens with two attached hydrogens (primary N) is 1. The van der Waals surface area contributed by atoms with Gasteiger partial charge in [-0.2, -0.15) is 0 Å². The van der Waals surface area contributed by atoms with E-state index < -0.39 is 6.04 Å². The molecule has 1 aliphatic rings. The summed E-state index contributed by atoms with van der Waals surface area (Å²) in [4.78, 5) is 29.2. The van der Waals surface area contributed by atoms with Gasteiger partial charge in [0.05, 0.1) is 6.04 Å². The SMILES string of the molecule is CCc1cccc([C@H]2CN[C@@H](C(=O)N[C@@H](C)C(=O)NCc3ccc(N)nc3C)C2)c1. The molecule has 160 valence electrons. The minimum absolute atomic E-state index is 0.142. The Morgan fingerprint density at radius 2 is 2.10 bits per heavy atom. The van der Waals surface area contributed by atoms with E-state index in [1.807, 2.05) is 13.0 Å². The van der Waals surface area contributed by atoms with E-state index in [-0.39, 0.29) is 17.9 Å². The second-order valence-corrected chi connectivity index (χ2v) is 7.92. The number of benzene rings is 1. The van der Waals surface area contributed by atoms with E-state index in [0.29, 0.717) is 18.3 Å². The van der Waals surface area contributed by atoms with Gasteiger partial charge in [0.15, 0.2) is 0 Å². The monoisotopic (exact) mass is 409 g/mol. The molecule has 1 fully saturated rings. The minimum atomic E-state index is -0.621. The van der Waals surface area contributed by atoms with Crippen LogP contribution in [0.2, 0.25) is 0 Å². The molecule has 1 aromatic heterocycles. The fourth-order valence-corrected chi connectivity index (χ4v) is 3.77. The fraction of sp³-hybridized carbons (Fsp3) is 0.435. The topological polar surface area (TPSA) is 109 Å². The zero-order valence-corrected chi connectivity index (χ0v) is 17.9. The molecular formula is C23H31N5O2. The lowest BCUT2D eigenvalue weighted by Crippen LogP contribution is -2.50. The average Bonchev–Trinajstić information content (AvgIpc) is 3.23. The molecular weight excluding hydrogens is 378 g/mol. The van der Waals surface area contributed by atoms with Crippen LogP contribution in [0, 0.1) is 6.92 Å². The molecule has 3 rings (SSSR count). The predicted octanol–water partition coefficient (Wildman–Crippen LogP) is 1.80. The normalized spacial score (nSPS) is 19.3. The number of carbonyl (C=O) groups is 2. The number of carbonyl (C=O) groups excluding carboxylic acids is 2. The molecule has 0 spiro atoms.